The lowest BCUT2D eigenvalue weighted by Crippen LogP contribution is -2.50. The maximum atomic E-state index is 11.3. The van der Waals surface area contributed by atoms with E-state index in [4.69, 9.17) is 4.43 Å². The van der Waals surface area contributed by atoms with Gasteiger partial charge in [0.25, 0.3) is 0 Å². The van der Waals surface area contributed by atoms with Gasteiger partial charge in [-0.1, -0.05) is 41.0 Å². The van der Waals surface area contributed by atoms with E-state index in [0.29, 0.717) is 12.0 Å². The fourth-order valence-electron chi connectivity index (χ4n) is 5.16. The van der Waals surface area contributed by atoms with Crippen LogP contribution in [-0.2, 0) is 9.22 Å². The second-order valence-electron chi connectivity index (χ2n) is 10.2. The van der Waals surface area contributed by atoms with E-state index in [1.807, 2.05) is 6.92 Å². The molecule has 0 heterocycles. The average molecular weight is 371 g/mol. The lowest BCUT2D eigenvalue weighted by atomic mass is 9.61. The molecule has 2 aliphatic rings. The summed E-state index contributed by atoms with van der Waals surface area (Å²) in [6, 6.07) is 0. The number of aliphatic carboxylic acids is 1. The molecule has 0 aromatic rings. The number of aliphatic hydroxyl groups is 1. The van der Waals surface area contributed by atoms with Crippen molar-refractivity contribution in [2.75, 3.05) is 0 Å². The van der Waals surface area contributed by atoms with Crippen LogP contribution < -0.4 is 0 Å². The van der Waals surface area contributed by atoms with Gasteiger partial charge >= 0.3 is 5.97 Å². The van der Waals surface area contributed by atoms with Gasteiger partial charge in [-0.2, -0.15) is 0 Å². The monoisotopic (exact) mass is 370 g/mol. The van der Waals surface area contributed by atoms with Crippen LogP contribution >= 0.6 is 0 Å². The van der Waals surface area contributed by atoms with Gasteiger partial charge in [-0.05, 0) is 67.0 Å². The van der Waals surface area contributed by atoms with E-state index in [1.54, 1.807) is 0 Å². The Morgan fingerprint density at radius 3 is 2.36 bits per heavy atom. The Morgan fingerprint density at radius 1 is 1.24 bits per heavy atom. The number of hydrogen-bond acceptors (Lipinski definition) is 3. The summed E-state index contributed by atoms with van der Waals surface area (Å²) in [6.45, 7) is 15.7. The largest absolute Gasteiger partial charge is 0.479 e. The summed E-state index contributed by atoms with van der Waals surface area (Å²) in [5.41, 5.74) is 0.0845. The van der Waals surface area contributed by atoms with Crippen LogP contribution in [0, 0.1) is 23.2 Å². The van der Waals surface area contributed by atoms with E-state index < -0.39 is 20.4 Å². The molecule has 2 N–H and O–H groups in total. The lowest BCUT2D eigenvalue weighted by Gasteiger charge is -2.50. The summed E-state index contributed by atoms with van der Waals surface area (Å²) < 4.78 is 6.82. The first-order chi connectivity index (χ1) is 11.3. The molecule has 2 saturated carbocycles. The van der Waals surface area contributed by atoms with Crippen molar-refractivity contribution in [2.24, 2.45) is 23.2 Å². The highest BCUT2D eigenvalue weighted by molar-refractivity contribution is 6.74. The minimum atomic E-state index is -1.82. The standard InChI is InChI=1S/C20H38O4Si/c1-13(17(21)18(22)23)14-10-11-15-16(9-8-12-20(14,15)5)24-25(6,7)19(2,3)4/h13-17,21H,8-12H2,1-7H3,(H,22,23)/t13?,14-,15+,16+,17?,20-/m1/s1. The van der Waals surface area contributed by atoms with E-state index in [-0.39, 0.29) is 22.3 Å². The SMILES string of the molecule is CC(C(O)C(=O)O)[C@H]1CC[C@H]2[C@@H](O[Si](C)(C)C(C)(C)C)CCC[C@]12C. The number of carboxylic acid groups (broad SMARTS) is 1. The summed E-state index contributed by atoms with van der Waals surface area (Å²) in [7, 11) is -1.82. The zero-order valence-corrected chi connectivity index (χ0v) is 18.1. The number of aliphatic hydroxyl groups excluding tert-OH is 1. The zero-order valence-electron chi connectivity index (χ0n) is 17.1. The molecule has 0 aromatic heterocycles. The number of rotatable bonds is 5. The highest BCUT2D eigenvalue weighted by Crippen LogP contribution is 2.59. The molecule has 6 atom stereocenters. The van der Waals surface area contributed by atoms with Crippen molar-refractivity contribution < 1.29 is 19.4 Å². The van der Waals surface area contributed by atoms with Crippen molar-refractivity contribution in [3.63, 3.8) is 0 Å². The highest BCUT2D eigenvalue weighted by Gasteiger charge is 2.55. The molecule has 2 rings (SSSR count). The average Bonchev–Trinajstić information content (AvgIpc) is 2.82. The maximum absolute atomic E-state index is 11.3. The highest BCUT2D eigenvalue weighted by atomic mass is 28.4. The summed E-state index contributed by atoms with van der Waals surface area (Å²) in [5.74, 6) is -0.554. The normalized spacial score (nSPS) is 35.9. The second-order valence-corrected chi connectivity index (χ2v) is 15.0. The minimum Gasteiger partial charge on any atom is -0.479 e. The van der Waals surface area contributed by atoms with Crippen LogP contribution in [0.5, 0.6) is 0 Å². The van der Waals surface area contributed by atoms with Crippen LogP contribution in [-0.4, -0.2) is 36.7 Å². The predicted octanol–water partition coefficient (Wildman–Crippen LogP) is 4.67. The molecule has 2 fully saturated rings. The van der Waals surface area contributed by atoms with Crippen molar-refractivity contribution in [2.45, 2.75) is 97.1 Å². The third-order valence-electron chi connectivity index (χ3n) is 7.77. The molecule has 0 aliphatic heterocycles. The molecule has 0 amide bonds. The molecule has 2 aliphatic carbocycles. The quantitative estimate of drug-likeness (QED) is 0.690. The van der Waals surface area contributed by atoms with E-state index in [9.17, 15) is 15.0 Å². The topological polar surface area (TPSA) is 66.8 Å². The molecule has 5 heteroatoms. The fourth-order valence-corrected chi connectivity index (χ4v) is 6.56. The molecular formula is C20H38O4Si. The zero-order chi connectivity index (χ0) is 19.2. The molecule has 4 nitrogen and oxygen atoms in total. The Bertz CT molecular complexity index is 498. The first kappa shape index (κ1) is 20.9. The Hall–Kier alpha value is -0.393. The Kier molecular flexibility index (Phi) is 5.83. The summed E-state index contributed by atoms with van der Waals surface area (Å²) >= 11 is 0. The van der Waals surface area contributed by atoms with Crippen LogP contribution in [0.1, 0.15) is 66.7 Å². The molecule has 0 aromatic carbocycles. The van der Waals surface area contributed by atoms with Crippen LogP contribution in [0.15, 0.2) is 0 Å². The summed E-state index contributed by atoms with van der Waals surface area (Å²) in [6.07, 6.45) is 4.51. The van der Waals surface area contributed by atoms with E-state index >= 15 is 0 Å². The molecule has 0 spiro atoms. The van der Waals surface area contributed by atoms with Crippen LogP contribution in [0.4, 0.5) is 0 Å². The number of hydrogen-bond donors (Lipinski definition) is 2. The predicted molar refractivity (Wildman–Crippen MR) is 103 cm³/mol. The smallest absolute Gasteiger partial charge is 0.332 e. The lowest BCUT2D eigenvalue weighted by molar-refractivity contribution is -0.152. The van der Waals surface area contributed by atoms with Gasteiger partial charge in [0.05, 0.1) is 0 Å². The third kappa shape index (κ3) is 3.84. The van der Waals surface area contributed by atoms with Gasteiger partial charge in [0.2, 0.25) is 0 Å². The molecule has 2 unspecified atom stereocenters. The summed E-state index contributed by atoms with van der Waals surface area (Å²) in [5, 5.41) is 19.5. The first-order valence-corrected chi connectivity index (χ1v) is 12.8. The van der Waals surface area contributed by atoms with Crippen molar-refractivity contribution in [1.29, 1.82) is 0 Å². The molecule has 0 saturated heterocycles. The van der Waals surface area contributed by atoms with Gasteiger partial charge in [-0.25, -0.2) is 4.79 Å². The first-order valence-electron chi connectivity index (χ1n) is 9.90. The van der Waals surface area contributed by atoms with Crippen molar-refractivity contribution in [1.82, 2.24) is 0 Å². The van der Waals surface area contributed by atoms with Gasteiger partial charge < -0.3 is 14.6 Å². The Labute approximate surface area is 154 Å². The second kappa shape index (κ2) is 6.97. The van der Waals surface area contributed by atoms with Gasteiger partial charge in [0.1, 0.15) is 0 Å². The van der Waals surface area contributed by atoms with Gasteiger partial charge in [-0.15, -0.1) is 0 Å². The molecule has 0 bridgehead atoms. The van der Waals surface area contributed by atoms with E-state index in [0.717, 1.165) is 32.1 Å². The maximum Gasteiger partial charge on any atom is 0.332 e. The van der Waals surface area contributed by atoms with Crippen molar-refractivity contribution in [3.05, 3.63) is 0 Å². The van der Waals surface area contributed by atoms with Gasteiger partial charge in [0.15, 0.2) is 14.4 Å². The molecule has 0 radical (unpaired) electrons. The Morgan fingerprint density at radius 2 is 1.84 bits per heavy atom. The minimum absolute atomic E-state index is 0.0845. The fraction of sp³-hybridized carbons (Fsp3) is 0.950. The molecular weight excluding hydrogens is 332 g/mol. The third-order valence-corrected chi connectivity index (χ3v) is 12.3. The van der Waals surface area contributed by atoms with E-state index in [1.165, 1.54) is 0 Å². The number of carboxylic acids is 1. The molecule has 146 valence electrons. The molecule has 25 heavy (non-hydrogen) atoms. The summed E-state index contributed by atoms with van der Waals surface area (Å²) in [4.78, 5) is 11.3. The van der Waals surface area contributed by atoms with Crippen LogP contribution in [0.25, 0.3) is 0 Å². The van der Waals surface area contributed by atoms with Gasteiger partial charge in [0, 0.05) is 6.10 Å². The number of fused-ring (bicyclic) bond motifs is 1. The van der Waals surface area contributed by atoms with Crippen molar-refractivity contribution >= 4 is 14.3 Å². The van der Waals surface area contributed by atoms with Crippen LogP contribution in [0.2, 0.25) is 18.1 Å². The van der Waals surface area contributed by atoms with E-state index in [2.05, 4.69) is 40.8 Å². The Balaban J connectivity index is 2.20. The van der Waals surface area contributed by atoms with Gasteiger partial charge in [-0.3, -0.25) is 0 Å². The van der Waals surface area contributed by atoms with Crippen LogP contribution in [0.3, 0.4) is 0 Å². The number of carbonyl (C=O) groups is 1. The van der Waals surface area contributed by atoms with Crippen molar-refractivity contribution in [3.8, 4) is 0 Å².